The lowest BCUT2D eigenvalue weighted by atomic mass is 9.71. The van der Waals surface area contributed by atoms with Gasteiger partial charge in [-0.05, 0) is 66.3 Å². The second kappa shape index (κ2) is 12.8. The smallest absolute Gasteiger partial charge is 0.410 e. The van der Waals surface area contributed by atoms with Crippen molar-refractivity contribution < 1.29 is 24.2 Å². The molecule has 0 spiro atoms. The van der Waals surface area contributed by atoms with Crippen molar-refractivity contribution >= 4 is 25.7 Å². The molecule has 1 amide bonds. The van der Waals surface area contributed by atoms with E-state index >= 15 is 0 Å². The van der Waals surface area contributed by atoms with E-state index in [0.29, 0.717) is 31.9 Å². The van der Waals surface area contributed by atoms with Crippen molar-refractivity contribution in [3.05, 3.63) is 41.5 Å². The zero-order valence-electron chi connectivity index (χ0n) is 26.0. The first-order chi connectivity index (χ1) is 18.9. The van der Waals surface area contributed by atoms with Crippen LogP contribution in [0.1, 0.15) is 64.5 Å². The van der Waals surface area contributed by atoms with Crippen molar-refractivity contribution in [2.24, 2.45) is 11.3 Å². The molecule has 41 heavy (non-hydrogen) atoms. The molecule has 2 aromatic rings. The van der Waals surface area contributed by atoms with E-state index in [9.17, 15) is 14.7 Å². The van der Waals surface area contributed by atoms with E-state index in [1.54, 1.807) is 15.8 Å². The Labute approximate surface area is 244 Å². The number of aromatic nitrogens is 5. The molecule has 0 aromatic carbocycles. The third kappa shape index (κ3) is 9.46. The molecule has 0 aliphatic carbocycles. The normalized spacial score (nSPS) is 15.9. The predicted molar refractivity (Wildman–Crippen MR) is 159 cm³/mol. The molecule has 0 bridgehead atoms. The lowest BCUT2D eigenvalue weighted by Gasteiger charge is -2.33. The van der Waals surface area contributed by atoms with E-state index in [0.717, 1.165) is 22.9 Å². The van der Waals surface area contributed by atoms with Crippen LogP contribution >= 0.6 is 0 Å². The largest absolute Gasteiger partial charge is 0.481 e. The Kier molecular flexibility index (Phi) is 10.1. The van der Waals surface area contributed by atoms with Gasteiger partial charge in [-0.15, -0.1) is 5.10 Å². The van der Waals surface area contributed by atoms with Crippen molar-refractivity contribution in [3.8, 4) is 0 Å². The van der Waals surface area contributed by atoms with Gasteiger partial charge in [-0.1, -0.05) is 52.6 Å². The highest BCUT2D eigenvalue weighted by Gasteiger charge is 2.41. The summed E-state index contributed by atoms with van der Waals surface area (Å²) in [5.74, 6) is -1.69. The van der Waals surface area contributed by atoms with E-state index in [1.165, 1.54) is 0 Å². The van der Waals surface area contributed by atoms with Crippen molar-refractivity contribution in [3.63, 3.8) is 0 Å². The fourth-order valence-corrected chi connectivity index (χ4v) is 5.55. The fourth-order valence-electron chi connectivity index (χ4n) is 4.80. The number of pyridine rings is 1. The lowest BCUT2D eigenvalue weighted by Crippen LogP contribution is -2.36. The summed E-state index contributed by atoms with van der Waals surface area (Å²) in [6.45, 7) is 19.8. The van der Waals surface area contributed by atoms with E-state index in [2.05, 4.69) is 40.2 Å². The van der Waals surface area contributed by atoms with Gasteiger partial charge in [-0.2, -0.15) is 0 Å². The van der Waals surface area contributed by atoms with Crippen molar-refractivity contribution in [2.75, 3.05) is 19.7 Å². The molecule has 3 heterocycles. The minimum Gasteiger partial charge on any atom is -0.481 e. The molecule has 0 unspecified atom stereocenters. The maximum Gasteiger partial charge on any atom is 0.410 e. The molecule has 1 aliphatic rings. The SMILES string of the molecule is CC(C)(C)OC(=O)N1CC=C(c2ccc(C[C@H](c3nnnn3COCC[Si](C)(C)C)[C@@H](C(=O)O)C(C)(C)C)cn2)C1. The van der Waals surface area contributed by atoms with E-state index in [4.69, 9.17) is 9.47 Å². The molecule has 1 N–H and O–H groups in total. The molecular formula is C29H46N6O5Si. The second-order valence-corrected chi connectivity index (χ2v) is 19.6. The quantitative estimate of drug-likeness (QED) is 0.282. The second-order valence-electron chi connectivity index (χ2n) is 14.0. The van der Waals surface area contributed by atoms with Crippen molar-refractivity contribution in [1.29, 1.82) is 0 Å². The number of carboxylic acids is 1. The highest BCUT2D eigenvalue weighted by atomic mass is 28.3. The highest BCUT2D eigenvalue weighted by molar-refractivity contribution is 6.76. The molecule has 12 heteroatoms. The average Bonchev–Trinajstić information content (AvgIpc) is 3.49. The van der Waals surface area contributed by atoms with E-state index in [-0.39, 0.29) is 12.8 Å². The van der Waals surface area contributed by atoms with Gasteiger partial charge < -0.3 is 19.5 Å². The Morgan fingerprint density at radius 1 is 1.12 bits per heavy atom. The third-order valence-electron chi connectivity index (χ3n) is 6.88. The molecule has 0 saturated carbocycles. The number of carbonyl (C=O) groups excluding carboxylic acids is 1. The average molecular weight is 587 g/mol. The molecule has 3 rings (SSSR count). The number of amides is 1. The number of tetrazole rings is 1. The molecule has 1 aliphatic heterocycles. The third-order valence-corrected chi connectivity index (χ3v) is 8.59. The summed E-state index contributed by atoms with van der Waals surface area (Å²) < 4.78 is 13.0. The van der Waals surface area contributed by atoms with Crippen LogP contribution in [0.25, 0.3) is 5.57 Å². The molecule has 2 aromatic heterocycles. The Balaban J connectivity index is 1.79. The van der Waals surface area contributed by atoms with Crippen LogP contribution < -0.4 is 0 Å². The summed E-state index contributed by atoms with van der Waals surface area (Å²) in [5, 5.41) is 22.6. The van der Waals surface area contributed by atoms with Gasteiger partial charge in [-0.25, -0.2) is 9.48 Å². The van der Waals surface area contributed by atoms with Crippen LogP contribution in [0.4, 0.5) is 4.79 Å². The minimum atomic E-state index is -1.26. The van der Waals surface area contributed by atoms with Crippen LogP contribution in [0, 0.1) is 11.3 Å². The summed E-state index contributed by atoms with van der Waals surface area (Å²) in [6, 6.07) is 4.87. The zero-order valence-corrected chi connectivity index (χ0v) is 27.0. The predicted octanol–water partition coefficient (Wildman–Crippen LogP) is 5.09. The van der Waals surface area contributed by atoms with Gasteiger partial charge in [0.1, 0.15) is 12.3 Å². The lowest BCUT2D eigenvalue weighted by molar-refractivity contribution is -0.146. The number of aliphatic carboxylic acids is 1. The van der Waals surface area contributed by atoms with Gasteiger partial charge in [0.15, 0.2) is 5.82 Å². The summed E-state index contributed by atoms with van der Waals surface area (Å²) in [4.78, 5) is 31.3. The minimum absolute atomic E-state index is 0.166. The Bertz CT molecular complexity index is 1220. The first kappa shape index (κ1) is 32.4. The van der Waals surface area contributed by atoms with Crippen LogP contribution in [-0.4, -0.2) is 80.6 Å². The molecule has 11 nitrogen and oxygen atoms in total. The monoisotopic (exact) mass is 586 g/mol. The summed E-state index contributed by atoms with van der Waals surface area (Å²) in [6.07, 6.45) is 3.78. The number of carbonyl (C=O) groups is 2. The number of hydrogen-bond donors (Lipinski definition) is 1. The molecule has 0 radical (unpaired) electrons. The van der Waals surface area contributed by atoms with Gasteiger partial charge in [0, 0.05) is 33.3 Å². The van der Waals surface area contributed by atoms with Crippen LogP contribution in [-0.2, 0) is 27.4 Å². The zero-order chi connectivity index (χ0) is 30.6. The summed E-state index contributed by atoms with van der Waals surface area (Å²) in [7, 11) is -1.26. The van der Waals surface area contributed by atoms with Gasteiger partial charge in [0.25, 0.3) is 0 Å². The van der Waals surface area contributed by atoms with Crippen molar-refractivity contribution in [1.82, 2.24) is 30.1 Å². The maximum atomic E-state index is 12.6. The Morgan fingerprint density at radius 3 is 2.39 bits per heavy atom. The summed E-state index contributed by atoms with van der Waals surface area (Å²) >= 11 is 0. The van der Waals surface area contributed by atoms with E-state index < -0.39 is 36.9 Å². The van der Waals surface area contributed by atoms with Crippen molar-refractivity contribution in [2.45, 2.75) is 91.9 Å². The number of rotatable bonds is 11. The van der Waals surface area contributed by atoms with Crippen LogP contribution in [0.2, 0.25) is 25.7 Å². The topological polar surface area (TPSA) is 133 Å². The molecule has 0 saturated heterocycles. The first-order valence-corrected chi connectivity index (χ1v) is 17.8. The fraction of sp³-hybridized carbons (Fsp3) is 0.655. The molecule has 226 valence electrons. The van der Waals surface area contributed by atoms with Gasteiger partial charge in [-0.3, -0.25) is 9.78 Å². The number of carboxylic acid groups (broad SMARTS) is 1. The standard InChI is InChI=1S/C29H46N6O5Si/c1-28(2,3)24(26(36)37)22(25-31-32-33-35(25)19-39-14-15-41(7,8)9)16-20-10-11-23(30-17-20)21-12-13-34(18-21)27(38)40-29(4,5)6/h10-12,17,22,24H,13-16,18-19H2,1-9H3,(H,36,37)/t22-,24-/m0/s1. The Hall–Kier alpha value is -3.12. The number of nitrogens with zero attached hydrogens (tertiary/aromatic N) is 6. The van der Waals surface area contributed by atoms with Gasteiger partial charge in [0.2, 0.25) is 0 Å². The number of ether oxygens (including phenoxy) is 2. The maximum absolute atomic E-state index is 12.6. The Morgan fingerprint density at radius 2 is 1.83 bits per heavy atom. The van der Waals surface area contributed by atoms with Crippen LogP contribution in [0.3, 0.4) is 0 Å². The van der Waals surface area contributed by atoms with Crippen LogP contribution in [0.15, 0.2) is 24.4 Å². The molecular weight excluding hydrogens is 540 g/mol. The first-order valence-electron chi connectivity index (χ1n) is 14.1. The number of hydrogen-bond acceptors (Lipinski definition) is 8. The van der Waals surface area contributed by atoms with Gasteiger partial charge >= 0.3 is 12.1 Å². The molecule has 2 atom stereocenters. The van der Waals surface area contributed by atoms with Crippen LogP contribution in [0.5, 0.6) is 0 Å². The molecule has 0 fully saturated rings. The highest BCUT2D eigenvalue weighted by Crippen LogP contribution is 2.39. The summed E-state index contributed by atoms with van der Waals surface area (Å²) in [5.41, 5.74) is 1.46. The van der Waals surface area contributed by atoms with Gasteiger partial charge in [0.05, 0.1) is 18.2 Å². The van der Waals surface area contributed by atoms with E-state index in [1.807, 2.05) is 59.8 Å².